The molecule has 20 heavy (non-hydrogen) atoms. The topological polar surface area (TPSA) is 63.7 Å². The fraction of sp³-hybridized carbons (Fsp3) is 0.357. The summed E-state index contributed by atoms with van der Waals surface area (Å²) in [6.07, 6.45) is 0. The van der Waals surface area contributed by atoms with Crippen LogP contribution in [0.15, 0.2) is 29.4 Å². The number of nitriles is 1. The van der Waals surface area contributed by atoms with Gasteiger partial charge in [0.15, 0.2) is 11.0 Å². The highest BCUT2D eigenvalue weighted by Crippen LogP contribution is 2.31. The average Bonchev–Trinajstić information content (AvgIpc) is 2.89. The highest BCUT2D eigenvalue weighted by Gasteiger charge is 2.17. The van der Waals surface area contributed by atoms with Crippen molar-refractivity contribution in [1.82, 2.24) is 14.8 Å². The van der Waals surface area contributed by atoms with Crippen molar-refractivity contribution in [3.8, 4) is 23.2 Å². The Morgan fingerprint density at radius 3 is 2.80 bits per heavy atom. The van der Waals surface area contributed by atoms with E-state index in [2.05, 4.69) is 16.3 Å². The van der Waals surface area contributed by atoms with Gasteiger partial charge in [0.1, 0.15) is 5.75 Å². The third kappa shape index (κ3) is 2.78. The van der Waals surface area contributed by atoms with Crippen molar-refractivity contribution in [2.45, 2.75) is 30.8 Å². The van der Waals surface area contributed by atoms with E-state index in [0.717, 1.165) is 28.8 Å². The van der Waals surface area contributed by atoms with Crippen molar-refractivity contribution in [2.75, 3.05) is 7.11 Å². The van der Waals surface area contributed by atoms with E-state index in [0.29, 0.717) is 0 Å². The molecule has 104 valence electrons. The first-order valence-electron chi connectivity index (χ1n) is 6.34. The number of hydrogen-bond acceptors (Lipinski definition) is 5. The minimum Gasteiger partial charge on any atom is -0.496 e. The molecule has 5 nitrogen and oxygen atoms in total. The van der Waals surface area contributed by atoms with Crippen LogP contribution < -0.4 is 4.74 Å². The minimum atomic E-state index is -0.157. The van der Waals surface area contributed by atoms with Gasteiger partial charge < -0.3 is 9.30 Å². The Labute approximate surface area is 122 Å². The molecule has 1 aromatic carbocycles. The third-order valence-electron chi connectivity index (χ3n) is 2.84. The summed E-state index contributed by atoms with van der Waals surface area (Å²) < 4.78 is 7.37. The first-order valence-corrected chi connectivity index (χ1v) is 7.22. The quantitative estimate of drug-likeness (QED) is 0.791. The van der Waals surface area contributed by atoms with Crippen LogP contribution >= 0.6 is 11.8 Å². The van der Waals surface area contributed by atoms with Gasteiger partial charge in [0.05, 0.1) is 24.0 Å². The molecular formula is C14H16N4OS. The fourth-order valence-corrected chi connectivity index (χ4v) is 2.67. The van der Waals surface area contributed by atoms with Gasteiger partial charge in [0, 0.05) is 6.54 Å². The molecule has 1 atom stereocenters. The summed E-state index contributed by atoms with van der Waals surface area (Å²) in [7, 11) is 1.64. The van der Waals surface area contributed by atoms with E-state index in [4.69, 9.17) is 10.00 Å². The molecule has 6 heteroatoms. The highest BCUT2D eigenvalue weighted by molar-refractivity contribution is 8.00. The number of aromatic nitrogens is 3. The van der Waals surface area contributed by atoms with E-state index in [-0.39, 0.29) is 5.25 Å². The molecule has 0 aliphatic carbocycles. The largest absolute Gasteiger partial charge is 0.496 e. The number of methoxy groups -OCH3 is 1. The molecule has 2 aromatic rings. The zero-order valence-electron chi connectivity index (χ0n) is 11.7. The summed E-state index contributed by atoms with van der Waals surface area (Å²) in [5.41, 5.74) is 0.904. The maximum Gasteiger partial charge on any atom is 0.192 e. The lowest BCUT2D eigenvalue weighted by atomic mass is 10.2. The van der Waals surface area contributed by atoms with E-state index in [1.165, 1.54) is 11.8 Å². The summed E-state index contributed by atoms with van der Waals surface area (Å²) in [5.74, 6) is 1.53. The first kappa shape index (κ1) is 14.4. The molecule has 0 amide bonds. The second kappa shape index (κ2) is 6.44. The second-order valence-electron chi connectivity index (χ2n) is 4.14. The van der Waals surface area contributed by atoms with Crippen LogP contribution in [-0.2, 0) is 6.54 Å². The van der Waals surface area contributed by atoms with Gasteiger partial charge in [-0.3, -0.25) is 0 Å². The maximum atomic E-state index is 8.92. The smallest absolute Gasteiger partial charge is 0.192 e. The van der Waals surface area contributed by atoms with Crippen LogP contribution in [0, 0.1) is 11.3 Å². The molecule has 0 aliphatic rings. The lowest BCUT2D eigenvalue weighted by Gasteiger charge is -2.10. The summed E-state index contributed by atoms with van der Waals surface area (Å²) in [6, 6.07) is 9.91. The average molecular weight is 288 g/mol. The van der Waals surface area contributed by atoms with Crippen LogP contribution in [0.2, 0.25) is 0 Å². The molecule has 0 saturated carbocycles. The molecular weight excluding hydrogens is 272 g/mol. The molecule has 0 aliphatic heterocycles. The summed E-state index contributed by atoms with van der Waals surface area (Å²) >= 11 is 1.41. The molecule has 0 saturated heterocycles. The van der Waals surface area contributed by atoms with Crippen molar-refractivity contribution in [3.63, 3.8) is 0 Å². The number of hydrogen-bond donors (Lipinski definition) is 0. The van der Waals surface area contributed by atoms with E-state index >= 15 is 0 Å². The fourth-order valence-electron chi connectivity index (χ4n) is 1.87. The van der Waals surface area contributed by atoms with Gasteiger partial charge in [-0.1, -0.05) is 23.9 Å². The predicted molar refractivity (Wildman–Crippen MR) is 78.6 cm³/mol. The SMILES string of the molecule is CCn1c(S[C@H](C)C#N)nnc1-c1ccccc1OC. The predicted octanol–water partition coefficient (Wildman–Crippen LogP) is 2.98. The monoisotopic (exact) mass is 288 g/mol. The molecule has 0 spiro atoms. The number of thioether (sulfide) groups is 1. The number of nitrogens with zero attached hydrogens (tertiary/aromatic N) is 4. The van der Waals surface area contributed by atoms with E-state index in [1.807, 2.05) is 42.7 Å². The molecule has 0 bridgehead atoms. The second-order valence-corrected chi connectivity index (χ2v) is 5.45. The Balaban J connectivity index is 2.45. The van der Waals surface area contributed by atoms with Gasteiger partial charge in [-0.15, -0.1) is 10.2 Å². The summed E-state index contributed by atoms with van der Waals surface area (Å²) in [5, 5.41) is 18.0. The Morgan fingerprint density at radius 2 is 2.15 bits per heavy atom. The van der Waals surface area contributed by atoms with Crippen LogP contribution in [-0.4, -0.2) is 27.1 Å². The Hall–Kier alpha value is -2.00. The van der Waals surface area contributed by atoms with Gasteiger partial charge in [0.25, 0.3) is 0 Å². The number of ether oxygens (including phenoxy) is 1. The Bertz CT molecular complexity index is 632. The lowest BCUT2D eigenvalue weighted by molar-refractivity contribution is 0.416. The molecule has 2 rings (SSSR count). The van der Waals surface area contributed by atoms with E-state index in [9.17, 15) is 0 Å². The van der Waals surface area contributed by atoms with Crippen molar-refractivity contribution in [2.24, 2.45) is 0 Å². The van der Waals surface area contributed by atoms with Crippen molar-refractivity contribution >= 4 is 11.8 Å². The Kier molecular flexibility index (Phi) is 4.64. The number of benzene rings is 1. The molecule has 0 unspecified atom stereocenters. The van der Waals surface area contributed by atoms with Crippen LogP contribution in [0.3, 0.4) is 0 Å². The summed E-state index contributed by atoms with van der Waals surface area (Å²) in [4.78, 5) is 0. The van der Waals surface area contributed by atoms with E-state index in [1.54, 1.807) is 7.11 Å². The van der Waals surface area contributed by atoms with Crippen LogP contribution in [0.5, 0.6) is 5.75 Å². The van der Waals surface area contributed by atoms with Gasteiger partial charge >= 0.3 is 0 Å². The molecule has 0 fully saturated rings. The lowest BCUT2D eigenvalue weighted by Crippen LogP contribution is -2.02. The summed E-state index contributed by atoms with van der Waals surface area (Å²) in [6.45, 7) is 4.62. The molecule has 0 N–H and O–H groups in total. The molecule has 1 aromatic heterocycles. The van der Waals surface area contributed by atoms with Gasteiger partial charge in [-0.2, -0.15) is 5.26 Å². The third-order valence-corrected chi connectivity index (χ3v) is 3.82. The highest BCUT2D eigenvalue weighted by atomic mass is 32.2. The molecule has 0 radical (unpaired) electrons. The van der Waals surface area contributed by atoms with Crippen LogP contribution in [0.25, 0.3) is 11.4 Å². The first-order chi connectivity index (χ1) is 9.71. The van der Waals surface area contributed by atoms with Crippen LogP contribution in [0.4, 0.5) is 0 Å². The van der Waals surface area contributed by atoms with E-state index < -0.39 is 0 Å². The van der Waals surface area contributed by atoms with Crippen LogP contribution in [0.1, 0.15) is 13.8 Å². The molecule has 1 heterocycles. The van der Waals surface area contributed by atoms with Crippen molar-refractivity contribution < 1.29 is 4.74 Å². The standard InChI is InChI=1S/C14H16N4OS/c1-4-18-13(11-7-5-6-8-12(11)19-3)16-17-14(18)20-10(2)9-15/h5-8,10H,4H2,1-3H3/t10-/m1/s1. The zero-order valence-corrected chi connectivity index (χ0v) is 12.5. The van der Waals surface area contributed by atoms with Crippen molar-refractivity contribution in [1.29, 1.82) is 5.26 Å². The zero-order chi connectivity index (χ0) is 14.5. The van der Waals surface area contributed by atoms with Gasteiger partial charge in [-0.05, 0) is 26.0 Å². The number of rotatable bonds is 5. The Morgan fingerprint density at radius 1 is 1.40 bits per heavy atom. The van der Waals surface area contributed by atoms with Crippen molar-refractivity contribution in [3.05, 3.63) is 24.3 Å². The maximum absolute atomic E-state index is 8.92. The number of para-hydroxylation sites is 1. The van der Waals surface area contributed by atoms with Gasteiger partial charge in [-0.25, -0.2) is 0 Å². The van der Waals surface area contributed by atoms with Gasteiger partial charge in [0.2, 0.25) is 0 Å². The minimum absolute atomic E-state index is 0.157. The normalized spacial score (nSPS) is 11.9.